The van der Waals surface area contributed by atoms with E-state index in [9.17, 15) is 5.26 Å². The number of nitrogens with one attached hydrogen (secondary N) is 1. The lowest BCUT2D eigenvalue weighted by Crippen LogP contribution is -2.09. The van der Waals surface area contributed by atoms with E-state index in [1.807, 2.05) is 65.7 Å². The van der Waals surface area contributed by atoms with E-state index < -0.39 is 0 Å². The number of aromatic amines is 1. The van der Waals surface area contributed by atoms with Gasteiger partial charge in [-0.05, 0) is 18.4 Å². The molecule has 5 nitrogen and oxygen atoms in total. The van der Waals surface area contributed by atoms with Crippen LogP contribution in [0.15, 0.2) is 71.0 Å². The van der Waals surface area contributed by atoms with Crippen LogP contribution in [0.2, 0.25) is 0 Å². The molecular weight excluding hydrogens is 322 g/mol. The molecule has 26 heavy (non-hydrogen) atoms. The Balaban J connectivity index is 1.86. The molecule has 2 aromatic carbocycles. The molecule has 0 amide bonds. The third-order valence-corrected chi connectivity index (χ3v) is 4.56. The molecule has 5 heteroatoms. The number of aromatic nitrogens is 1. The molecule has 1 fully saturated rings. The first-order valence-corrected chi connectivity index (χ1v) is 8.80. The lowest BCUT2D eigenvalue weighted by atomic mass is 10.1. The zero-order valence-corrected chi connectivity index (χ0v) is 14.4. The third-order valence-electron chi connectivity index (χ3n) is 4.56. The lowest BCUT2D eigenvalue weighted by molar-refractivity contribution is 0.337. The van der Waals surface area contributed by atoms with E-state index in [-0.39, 0.29) is 0 Å². The highest BCUT2D eigenvalue weighted by Crippen LogP contribution is 2.39. The Labute approximate surface area is 152 Å². The Hall–Kier alpha value is -3.39. The van der Waals surface area contributed by atoms with E-state index in [0.717, 1.165) is 48.4 Å². The van der Waals surface area contributed by atoms with Crippen LogP contribution in [0, 0.1) is 11.3 Å². The molecule has 1 saturated heterocycles. The Morgan fingerprint density at radius 3 is 2.00 bits per heavy atom. The zero-order valence-electron chi connectivity index (χ0n) is 14.4. The first-order chi connectivity index (χ1) is 12.9. The summed E-state index contributed by atoms with van der Waals surface area (Å²) in [6, 6.07) is 22.1. The number of benzene rings is 2. The quantitative estimate of drug-likeness (QED) is 0.653. The van der Waals surface area contributed by atoms with E-state index in [1.54, 1.807) is 0 Å². The number of H-pyrrole nitrogens is 1. The van der Waals surface area contributed by atoms with Gasteiger partial charge in [0.2, 0.25) is 0 Å². The van der Waals surface area contributed by atoms with Crippen LogP contribution in [-0.2, 0) is 0 Å². The lowest BCUT2D eigenvalue weighted by Gasteiger charge is -2.07. The number of hydrogen-bond donors (Lipinski definition) is 1. The number of nitrogens with zero attached hydrogens (tertiary/aromatic N) is 4. The van der Waals surface area contributed by atoms with Crippen LogP contribution in [0.3, 0.4) is 0 Å². The van der Waals surface area contributed by atoms with Gasteiger partial charge in [0.25, 0.3) is 0 Å². The molecule has 0 atom stereocenters. The smallest absolute Gasteiger partial charge is 0.131 e. The van der Waals surface area contributed by atoms with E-state index >= 15 is 0 Å². The van der Waals surface area contributed by atoms with Crippen molar-refractivity contribution in [2.75, 3.05) is 13.1 Å². The maximum absolute atomic E-state index is 9.83. The summed E-state index contributed by atoms with van der Waals surface area (Å²) in [7, 11) is 0. The number of hydrogen-bond acceptors (Lipinski definition) is 3. The maximum Gasteiger partial charge on any atom is 0.131 e. The summed E-state index contributed by atoms with van der Waals surface area (Å²) in [6.45, 7) is 1.84. The first-order valence-electron chi connectivity index (χ1n) is 8.80. The van der Waals surface area contributed by atoms with Gasteiger partial charge in [-0.25, -0.2) is 0 Å². The van der Waals surface area contributed by atoms with Crippen molar-refractivity contribution in [3.05, 3.63) is 66.2 Å². The van der Waals surface area contributed by atoms with Crippen molar-refractivity contribution in [2.24, 2.45) is 10.3 Å². The predicted octanol–water partition coefficient (Wildman–Crippen LogP) is 5.31. The summed E-state index contributed by atoms with van der Waals surface area (Å²) in [6.07, 6.45) is 2.27. The number of nitriles is 1. The summed E-state index contributed by atoms with van der Waals surface area (Å²) in [5.41, 5.74) is 4.68. The van der Waals surface area contributed by atoms with Crippen LogP contribution in [0.5, 0.6) is 0 Å². The normalized spacial score (nSPS) is 14.0. The zero-order chi connectivity index (χ0) is 17.8. The number of rotatable bonds is 4. The summed E-state index contributed by atoms with van der Waals surface area (Å²) < 4.78 is 0. The van der Waals surface area contributed by atoms with Crippen molar-refractivity contribution >= 4 is 5.69 Å². The Bertz CT molecular complexity index is 945. The molecule has 1 aromatic heterocycles. The fraction of sp³-hybridized carbons (Fsp3) is 0.190. The van der Waals surface area contributed by atoms with Crippen molar-refractivity contribution in [3.63, 3.8) is 0 Å². The van der Waals surface area contributed by atoms with Gasteiger partial charge < -0.3 is 4.98 Å². The molecule has 0 bridgehead atoms. The second-order valence-electron chi connectivity index (χ2n) is 6.29. The Morgan fingerprint density at radius 1 is 0.846 bits per heavy atom. The fourth-order valence-electron chi connectivity index (χ4n) is 3.23. The monoisotopic (exact) mass is 341 g/mol. The molecule has 1 aliphatic rings. The first kappa shape index (κ1) is 16.1. The molecule has 4 rings (SSSR count). The summed E-state index contributed by atoms with van der Waals surface area (Å²) in [5, 5.41) is 20.7. The van der Waals surface area contributed by atoms with Crippen LogP contribution in [0.1, 0.15) is 18.4 Å². The van der Waals surface area contributed by atoms with Gasteiger partial charge in [0, 0.05) is 18.7 Å². The predicted molar refractivity (Wildman–Crippen MR) is 102 cm³/mol. The van der Waals surface area contributed by atoms with E-state index in [2.05, 4.69) is 21.4 Å². The second-order valence-corrected chi connectivity index (χ2v) is 6.29. The minimum absolute atomic E-state index is 0.526. The van der Waals surface area contributed by atoms with Gasteiger partial charge in [-0.15, -0.1) is 5.11 Å². The maximum atomic E-state index is 9.83. The summed E-state index contributed by atoms with van der Waals surface area (Å²) in [5.74, 6) is 0. The van der Waals surface area contributed by atoms with Gasteiger partial charge in [-0.1, -0.05) is 65.9 Å². The van der Waals surface area contributed by atoms with E-state index in [4.69, 9.17) is 0 Å². The van der Waals surface area contributed by atoms with Gasteiger partial charge >= 0.3 is 0 Å². The van der Waals surface area contributed by atoms with Crippen molar-refractivity contribution in [3.8, 4) is 28.6 Å². The van der Waals surface area contributed by atoms with Crippen LogP contribution >= 0.6 is 0 Å². The van der Waals surface area contributed by atoms with Crippen LogP contribution < -0.4 is 0 Å². The second kappa shape index (κ2) is 7.24. The van der Waals surface area contributed by atoms with Gasteiger partial charge in [0.05, 0.1) is 11.4 Å². The Morgan fingerprint density at radius 2 is 1.42 bits per heavy atom. The summed E-state index contributed by atoms with van der Waals surface area (Å²) >= 11 is 0. The van der Waals surface area contributed by atoms with Crippen LogP contribution in [0.4, 0.5) is 5.69 Å². The largest absolute Gasteiger partial charge is 0.352 e. The molecule has 128 valence electrons. The Kier molecular flexibility index (Phi) is 4.48. The molecule has 2 heterocycles. The minimum atomic E-state index is 0.526. The molecule has 0 spiro atoms. The highest BCUT2D eigenvalue weighted by atomic mass is 15.5. The van der Waals surface area contributed by atoms with E-state index in [0.29, 0.717) is 11.3 Å². The van der Waals surface area contributed by atoms with Crippen molar-refractivity contribution < 1.29 is 0 Å². The van der Waals surface area contributed by atoms with Crippen LogP contribution in [0.25, 0.3) is 22.5 Å². The summed E-state index contributed by atoms with van der Waals surface area (Å²) in [4.78, 5) is 3.41. The van der Waals surface area contributed by atoms with Crippen molar-refractivity contribution in [1.82, 2.24) is 9.99 Å². The molecular formula is C21H19N5. The standard InChI is InChI=1S/C21H19N5/c22-15-18-19(16-9-3-1-4-10-16)23-20(17-11-5-2-6-12-17)21(18)24-25-26-13-7-8-14-26/h1-6,9-12,23H,7-8,13-14H2. The average molecular weight is 341 g/mol. The van der Waals surface area contributed by atoms with Crippen LogP contribution in [-0.4, -0.2) is 23.1 Å². The molecule has 1 N–H and O–H groups in total. The van der Waals surface area contributed by atoms with Crippen molar-refractivity contribution in [2.45, 2.75) is 12.8 Å². The fourth-order valence-corrected chi connectivity index (χ4v) is 3.23. The minimum Gasteiger partial charge on any atom is -0.352 e. The van der Waals surface area contributed by atoms with Gasteiger partial charge in [0.15, 0.2) is 0 Å². The molecule has 0 aliphatic carbocycles. The molecule has 1 aliphatic heterocycles. The molecule has 0 radical (unpaired) electrons. The highest BCUT2D eigenvalue weighted by molar-refractivity contribution is 5.86. The molecule has 3 aromatic rings. The SMILES string of the molecule is N#Cc1c(-c2ccccc2)[nH]c(-c2ccccc2)c1N=NN1CCCC1. The average Bonchev–Trinajstić information content (AvgIpc) is 3.35. The van der Waals surface area contributed by atoms with Gasteiger partial charge in [-0.3, -0.25) is 5.01 Å². The van der Waals surface area contributed by atoms with E-state index in [1.165, 1.54) is 0 Å². The highest BCUT2D eigenvalue weighted by Gasteiger charge is 2.20. The van der Waals surface area contributed by atoms with Gasteiger partial charge in [0.1, 0.15) is 17.3 Å². The molecule has 0 saturated carbocycles. The topological polar surface area (TPSA) is 67.5 Å². The third kappa shape index (κ3) is 3.09. The van der Waals surface area contributed by atoms with Crippen molar-refractivity contribution in [1.29, 1.82) is 5.26 Å². The van der Waals surface area contributed by atoms with Gasteiger partial charge in [-0.2, -0.15) is 5.26 Å². The molecule has 0 unspecified atom stereocenters.